The Bertz CT molecular complexity index is 1010. The summed E-state index contributed by atoms with van der Waals surface area (Å²) in [6.45, 7) is 0.509. The van der Waals surface area contributed by atoms with E-state index in [4.69, 9.17) is 18.9 Å². The van der Waals surface area contributed by atoms with Crippen molar-refractivity contribution in [3.8, 4) is 17.2 Å². The van der Waals surface area contributed by atoms with Gasteiger partial charge in [0.15, 0.2) is 11.5 Å². The highest BCUT2D eigenvalue weighted by atomic mass is 16.5. The van der Waals surface area contributed by atoms with Crippen LogP contribution in [0.15, 0.2) is 66.7 Å². The monoisotopic (exact) mass is 388 g/mol. The van der Waals surface area contributed by atoms with E-state index in [2.05, 4.69) is 18.2 Å². The molecular weight excluding hydrogens is 364 g/mol. The Morgan fingerprint density at radius 1 is 0.828 bits per heavy atom. The Morgan fingerprint density at radius 3 is 2.17 bits per heavy atom. The third-order valence-electron chi connectivity index (χ3n) is 5.15. The van der Waals surface area contributed by atoms with Crippen molar-refractivity contribution in [2.45, 2.75) is 12.7 Å². The van der Waals surface area contributed by atoms with Gasteiger partial charge < -0.3 is 18.9 Å². The Morgan fingerprint density at radius 2 is 1.52 bits per heavy atom. The molecule has 4 rings (SSSR count). The molecule has 0 aliphatic carbocycles. The predicted octanol–water partition coefficient (Wildman–Crippen LogP) is 5.52. The van der Waals surface area contributed by atoms with Crippen LogP contribution < -0.4 is 14.2 Å². The Labute approximate surface area is 171 Å². The second-order valence-electron chi connectivity index (χ2n) is 6.84. The maximum Gasteiger partial charge on any atom is 0.161 e. The molecule has 0 amide bonds. The molecular formula is C25H24O4. The molecule has 1 aliphatic heterocycles. The summed E-state index contributed by atoms with van der Waals surface area (Å²) in [4.78, 5) is 0. The third-order valence-corrected chi connectivity index (χ3v) is 5.15. The number of fused-ring (bicyclic) bond motifs is 1. The molecule has 148 valence electrons. The van der Waals surface area contributed by atoms with Crippen LogP contribution in [-0.4, -0.2) is 21.3 Å². The highest BCUT2D eigenvalue weighted by Crippen LogP contribution is 2.44. The molecule has 0 bridgehead atoms. The van der Waals surface area contributed by atoms with Crippen molar-refractivity contribution in [1.82, 2.24) is 0 Å². The van der Waals surface area contributed by atoms with Gasteiger partial charge in [-0.15, -0.1) is 0 Å². The largest absolute Gasteiger partial charge is 0.497 e. The molecule has 0 spiro atoms. The van der Waals surface area contributed by atoms with Crippen molar-refractivity contribution in [1.29, 1.82) is 0 Å². The summed E-state index contributed by atoms with van der Waals surface area (Å²) < 4.78 is 22.6. The minimum absolute atomic E-state index is 0.163. The van der Waals surface area contributed by atoms with Crippen molar-refractivity contribution < 1.29 is 18.9 Å². The van der Waals surface area contributed by atoms with E-state index < -0.39 is 0 Å². The second-order valence-corrected chi connectivity index (χ2v) is 6.84. The van der Waals surface area contributed by atoms with E-state index >= 15 is 0 Å². The maximum atomic E-state index is 6.30. The molecule has 3 aromatic rings. The quantitative estimate of drug-likeness (QED) is 0.576. The summed E-state index contributed by atoms with van der Waals surface area (Å²) in [5.41, 5.74) is 5.47. The minimum atomic E-state index is -0.163. The first-order chi connectivity index (χ1) is 14.2. The fourth-order valence-corrected chi connectivity index (χ4v) is 3.65. The maximum absolute atomic E-state index is 6.30. The van der Waals surface area contributed by atoms with Crippen LogP contribution in [0.5, 0.6) is 17.2 Å². The molecule has 1 aliphatic rings. The van der Waals surface area contributed by atoms with Gasteiger partial charge >= 0.3 is 0 Å². The van der Waals surface area contributed by atoms with Crippen LogP contribution in [0.2, 0.25) is 0 Å². The fraction of sp³-hybridized carbons (Fsp3) is 0.200. The summed E-state index contributed by atoms with van der Waals surface area (Å²) in [5.74, 6) is 2.25. The lowest BCUT2D eigenvalue weighted by Gasteiger charge is -2.30. The Hall–Kier alpha value is -3.24. The molecule has 0 N–H and O–H groups in total. The topological polar surface area (TPSA) is 36.9 Å². The minimum Gasteiger partial charge on any atom is -0.497 e. The van der Waals surface area contributed by atoms with E-state index in [-0.39, 0.29) is 6.10 Å². The molecule has 1 atom stereocenters. The van der Waals surface area contributed by atoms with E-state index in [1.54, 1.807) is 21.3 Å². The van der Waals surface area contributed by atoms with Crippen molar-refractivity contribution in [3.63, 3.8) is 0 Å². The Balaban J connectivity index is 1.86. The standard InChI is InChI=1S/C25H24O4/c1-26-20-11-9-17(10-12-20)13-22-21-15-24(28-3)23(27-2)14-19(21)16-29-25(22)18-7-5-4-6-8-18/h4-15,25H,16H2,1-3H3/b22-13-. The van der Waals surface area contributed by atoms with Crippen LogP contribution in [0, 0.1) is 0 Å². The van der Waals surface area contributed by atoms with Crippen LogP contribution in [0.25, 0.3) is 11.6 Å². The molecule has 4 nitrogen and oxygen atoms in total. The average molecular weight is 388 g/mol. The third kappa shape index (κ3) is 3.84. The normalized spacial score (nSPS) is 16.9. The first kappa shape index (κ1) is 19.1. The van der Waals surface area contributed by atoms with Gasteiger partial charge in [0.1, 0.15) is 11.9 Å². The smallest absolute Gasteiger partial charge is 0.161 e. The van der Waals surface area contributed by atoms with Gasteiger partial charge in [0, 0.05) is 0 Å². The Kier molecular flexibility index (Phi) is 5.54. The van der Waals surface area contributed by atoms with E-state index in [9.17, 15) is 0 Å². The molecule has 0 aromatic heterocycles. The second kappa shape index (κ2) is 8.41. The number of benzene rings is 3. The fourth-order valence-electron chi connectivity index (χ4n) is 3.65. The van der Waals surface area contributed by atoms with Gasteiger partial charge in [0.2, 0.25) is 0 Å². The van der Waals surface area contributed by atoms with Gasteiger partial charge in [-0.05, 0) is 58.2 Å². The lowest BCUT2D eigenvalue weighted by molar-refractivity contribution is 0.0713. The van der Waals surface area contributed by atoms with Crippen molar-refractivity contribution in [2.75, 3.05) is 21.3 Å². The molecule has 0 radical (unpaired) electrons. The molecule has 29 heavy (non-hydrogen) atoms. The van der Waals surface area contributed by atoms with Crippen molar-refractivity contribution in [2.24, 2.45) is 0 Å². The van der Waals surface area contributed by atoms with Gasteiger partial charge in [-0.3, -0.25) is 0 Å². The van der Waals surface area contributed by atoms with E-state index in [0.717, 1.165) is 33.6 Å². The zero-order valence-corrected chi connectivity index (χ0v) is 16.8. The molecule has 0 saturated carbocycles. The summed E-state index contributed by atoms with van der Waals surface area (Å²) in [5, 5.41) is 0. The van der Waals surface area contributed by atoms with E-state index in [1.165, 1.54) is 0 Å². The lowest BCUT2D eigenvalue weighted by atomic mass is 9.88. The van der Waals surface area contributed by atoms with E-state index in [1.807, 2.05) is 54.6 Å². The van der Waals surface area contributed by atoms with Gasteiger partial charge in [-0.1, -0.05) is 42.5 Å². The molecule has 3 aromatic carbocycles. The molecule has 0 fully saturated rings. The van der Waals surface area contributed by atoms with Crippen LogP contribution in [0.3, 0.4) is 0 Å². The number of methoxy groups -OCH3 is 3. The SMILES string of the molecule is COc1ccc(/C=C2/c3cc(OC)c(OC)cc3COC2c2ccccc2)cc1. The van der Waals surface area contributed by atoms with Crippen LogP contribution >= 0.6 is 0 Å². The highest BCUT2D eigenvalue weighted by molar-refractivity contribution is 5.87. The van der Waals surface area contributed by atoms with Gasteiger partial charge in [-0.25, -0.2) is 0 Å². The molecule has 4 heteroatoms. The first-order valence-electron chi connectivity index (χ1n) is 9.51. The number of ether oxygens (including phenoxy) is 4. The summed E-state index contributed by atoms with van der Waals surface area (Å²) in [7, 11) is 4.98. The summed E-state index contributed by atoms with van der Waals surface area (Å²) >= 11 is 0. The van der Waals surface area contributed by atoms with Gasteiger partial charge in [0.05, 0.1) is 27.9 Å². The number of hydrogen-bond acceptors (Lipinski definition) is 4. The van der Waals surface area contributed by atoms with E-state index in [0.29, 0.717) is 18.1 Å². The highest BCUT2D eigenvalue weighted by Gasteiger charge is 2.28. The molecule has 1 unspecified atom stereocenters. The molecule has 1 heterocycles. The number of hydrogen-bond donors (Lipinski definition) is 0. The van der Waals surface area contributed by atoms with Crippen LogP contribution in [-0.2, 0) is 11.3 Å². The zero-order valence-electron chi connectivity index (χ0n) is 16.8. The zero-order chi connectivity index (χ0) is 20.2. The average Bonchev–Trinajstić information content (AvgIpc) is 2.79. The predicted molar refractivity (Wildman–Crippen MR) is 114 cm³/mol. The van der Waals surface area contributed by atoms with Gasteiger partial charge in [0.25, 0.3) is 0 Å². The lowest BCUT2D eigenvalue weighted by Crippen LogP contribution is -2.15. The van der Waals surface area contributed by atoms with Gasteiger partial charge in [-0.2, -0.15) is 0 Å². The van der Waals surface area contributed by atoms with Crippen LogP contribution in [0.1, 0.15) is 28.4 Å². The molecule has 0 saturated heterocycles. The van der Waals surface area contributed by atoms with Crippen molar-refractivity contribution >= 4 is 11.6 Å². The number of rotatable bonds is 5. The summed E-state index contributed by atoms with van der Waals surface area (Å²) in [6.07, 6.45) is 2.00. The van der Waals surface area contributed by atoms with Crippen molar-refractivity contribution in [3.05, 3.63) is 89.0 Å². The first-order valence-corrected chi connectivity index (χ1v) is 9.51. The van der Waals surface area contributed by atoms with Crippen LogP contribution in [0.4, 0.5) is 0 Å². The summed E-state index contributed by atoms with van der Waals surface area (Å²) in [6, 6.07) is 22.3.